The Kier molecular flexibility index (Phi) is 7.06. The highest BCUT2D eigenvalue weighted by Crippen LogP contribution is 2.32. The number of hydrogen-bond donors (Lipinski definition) is 1. The third-order valence-corrected chi connectivity index (χ3v) is 4.55. The van der Waals surface area contributed by atoms with Crippen molar-refractivity contribution in [3.8, 4) is 0 Å². The van der Waals surface area contributed by atoms with Crippen molar-refractivity contribution in [3.05, 3.63) is 35.9 Å². The van der Waals surface area contributed by atoms with Gasteiger partial charge in [-0.1, -0.05) is 30.3 Å². The van der Waals surface area contributed by atoms with Crippen LogP contribution in [0.3, 0.4) is 0 Å². The second-order valence-corrected chi connectivity index (χ2v) is 6.64. The lowest BCUT2D eigenvalue weighted by Crippen LogP contribution is -2.40. The van der Waals surface area contributed by atoms with E-state index in [0.717, 1.165) is 19.4 Å². The lowest BCUT2D eigenvalue weighted by atomic mass is 9.93. The number of nitrogens with zero attached hydrogens (tertiary/aromatic N) is 1. The second-order valence-electron chi connectivity index (χ2n) is 6.64. The summed E-state index contributed by atoms with van der Waals surface area (Å²) in [7, 11) is 0. The van der Waals surface area contributed by atoms with Crippen LogP contribution in [0.15, 0.2) is 30.3 Å². The van der Waals surface area contributed by atoms with E-state index in [1.54, 1.807) is 0 Å². The van der Waals surface area contributed by atoms with Gasteiger partial charge in [-0.15, -0.1) is 0 Å². The molecule has 4 nitrogen and oxygen atoms in total. The molecule has 1 aliphatic rings. The van der Waals surface area contributed by atoms with Gasteiger partial charge in [0.1, 0.15) is 0 Å². The molecule has 1 N–H and O–H groups in total. The lowest BCUT2D eigenvalue weighted by molar-refractivity contribution is -0.122. The Morgan fingerprint density at radius 2 is 2.09 bits per heavy atom. The molecule has 0 spiro atoms. The van der Waals surface area contributed by atoms with Crippen LogP contribution in [-0.4, -0.2) is 49.2 Å². The maximum absolute atomic E-state index is 12.1. The maximum atomic E-state index is 12.1. The van der Waals surface area contributed by atoms with Gasteiger partial charge in [0.15, 0.2) is 0 Å². The van der Waals surface area contributed by atoms with Gasteiger partial charge in [-0.3, -0.25) is 9.69 Å². The fraction of sp³-hybridized carbons (Fsp3) is 0.632. The summed E-state index contributed by atoms with van der Waals surface area (Å²) in [5.74, 6) is 0.651. The van der Waals surface area contributed by atoms with Crippen LogP contribution in [0, 0.1) is 0 Å². The molecule has 1 amide bonds. The van der Waals surface area contributed by atoms with Crippen LogP contribution in [0.4, 0.5) is 0 Å². The summed E-state index contributed by atoms with van der Waals surface area (Å²) in [6, 6.07) is 11.0. The molecule has 2 unspecified atom stereocenters. The Hall–Kier alpha value is -1.39. The van der Waals surface area contributed by atoms with Crippen molar-refractivity contribution < 1.29 is 9.53 Å². The second kappa shape index (κ2) is 9.04. The number of carbonyl (C=O) groups is 1. The third-order valence-electron chi connectivity index (χ3n) is 4.55. The molecule has 1 saturated heterocycles. The van der Waals surface area contributed by atoms with Crippen molar-refractivity contribution in [2.24, 2.45) is 0 Å². The van der Waals surface area contributed by atoms with Crippen LogP contribution in [-0.2, 0) is 9.53 Å². The third kappa shape index (κ3) is 5.63. The SMILES string of the molecule is CC(C)OCCCNC(=O)CN1CCC(c2ccccc2)C1C. The summed E-state index contributed by atoms with van der Waals surface area (Å²) in [5.41, 5.74) is 1.38. The van der Waals surface area contributed by atoms with E-state index in [9.17, 15) is 4.79 Å². The van der Waals surface area contributed by atoms with Gasteiger partial charge >= 0.3 is 0 Å². The van der Waals surface area contributed by atoms with Crippen molar-refractivity contribution in [2.45, 2.75) is 51.7 Å². The molecular formula is C19H30N2O2. The number of rotatable bonds is 8. The normalized spacial score (nSPS) is 21.7. The molecule has 0 saturated carbocycles. The van der Waals surface area contributed by atoms with Crippen LogP contribution < -0.4 is 5.32 Å². The minimum Gasteiger partial charge on any atom is -0.379 e. The first-order valence-electron chi connectivity index (χ1n) is 8.75. The highest BCUT2D eigenvalue weighted by Gasteiger charge is 2.32. The summed E-state index contributed by atoms with van der Waals surface area (Å²) in [5, 5.41) is 3.00. The number of carbonyl (C=O) groups excluding carboxylic acids is 1. The molecule has 0 aromatic heterocycles. The zero-order chi connectivity index (χ0) is 16.7. The minimum atomic E-state index is 0.120. The summed E-state index contributed by atoms with van der Waals surface area (Å²) < 4.78 is 5.48. The molecule has 0 bridgehead atoms. The number of ether oxygens (including phenoxy) is 1. The Morgan fingerprint density at radius 3 is 2.78 bits per heavy atom. The van der Waals surface area contributed by atoms with Crippen LogP contribution in [0.25, 0.3) is 0 Å². The highest BCUT2D eigenvalue weighted by atomic mass is 16.5. The lowest BCUT2D eigenvalue weighted by Gasteiger charge is -2.24. The van der Waals surface area contributed by atoms with E-state index in [2.05, 4.69) is 47.5 Å². The highest BCUT2D eigenvalue weighted by molar-refractivity contribution is 5.78. The number of benzene rings is 1. The Balaban J connectivity index is 1.70. The first-order valence-corrected chi connectivity index (χ1v) is 8.75. The summed E-state index contributed by atoms with van der Waals surface area (Å²) >= 11 is 0. The molecule has 0 radical (unpaired) electrons. The summed E-state index contributed by atoms with van der Waals surface area (Å²) in [4.78, 5) is 14.4. The largest absolute Gasteiger partial charge is 0.379 e. The predicted molar refractivity (Wildman–Crippen MR) is 93.5 cm³/mol. The van der Waals surface area contributed by atoms with Crippen molar-refractivity contribution in [1.82, 2.24) is 10.2 Å². The molecule has 23 heavy (non-hydrogen) atoms. The van der Waals surface area contributed by atoms with Gasteiger partial charge in [0.2, 0.25) is 5.91 Å². The molecule has 2 rings (SSSR count). The van der Waals surface area contributed by atoms with Gasteiger partial charge in [-0.25, -0.2) is 0 Å². The molecule has 128 valence electrons. The molecule has 1 aliphatic heterocycles. The van der Waals surface area contributed by atoms with E-state index in [1.165, 1.54) is 5.56 Å². The van der Waals surface area contributed by atoms with E-state index < -0.39 is 0 Å². The van der Waals surface area contributed by atoms with Crippen molar-refractivity contribution in [1.29, 1.82) is 0 Å². The maximum Gasteiger partial charge on any atom is 0.234 e. The smallest absolute Gasteiger partial charge is 0.234 e. The van der Waals surface area contributed by atoms with Crippen LogP contribution in [0.1, 0.15) is 45.1 Å². The van der Waals surface area contributed by atoms with E-state index in [-0.39, 0.29) is 12.0 Å². The Bertz CT molecular complexity index is 476. The van der Waals surface area contributed by atoms with Crippen LogP contribution in [0.2, 0.25) is 0 Å². The van der Waals surface area contributed by atoms with Gasteiger partial charge in [0.25, 0.3) is 0 Å². The molecule has 4 heteroatoms. The summed E-state index contributed by atoms with van der Waals surface area (Å²) in [6.45, 7) is 9.16. The number of likely N-dealkylation sites (tertiary alicyclic amines) is 1. The quantitative estimate of drug-likeness (QED) is 0.750. The Morgan fingerprint density at radius 1 is 1.35 bits per heavy atom. The van der Waals surface area contributed by atoms with Crippen LogP contribution in [0.5, 0.6) is 0 Å². The first kappa shape index (κ1) is 18.0. The molecule has 1 fully saturated rings. The van der Waals surface area contributed by atoms with Crippen molar-refractivity contribution in [2.75, 3.05) is 26.2 Å². The Labute approximate surface area is 140 Å². The van der Waals surface area contributed by atoms with Crippen molar-refractivity contribution >= 4 is 5.91 Å². The van der Waals surface area contributed by atoms with Crippen LogP contribution >= 0.6 is 0 Å². The minimum absolute atomic E-state index is 0.120. The molecule has 2 atom stereocenters. The van der Waals surface area contributed by atoms with E-state index in [0.29, 0.717) is 31.7 Å². The standard InChI is InChI=1S/C19H30N2O2/c1-15(2)23-13-7-11-20-19(22)14-21-12-10-18(16(21)3)17-8-5-4-6-9-17/h4-6,8-9,15-16,18H,7,10-14H2,1-3H3,(H,20,22). The van der Waals surface area contributed by atoms with Gasteiger partial charge in [0, 0.05) is 25.1 Å². The van der Waals surface area contributed by atoms with E-state index in [4.69, 9.17) is 4.74 Å². The van der Waals surface area contributed by atoms with Gasteiger partial charge in [0.05, 0.1) is 12.6 Å². The molecular weight excluding hydrogens is 288 g/mol. The molecule has 1 aromatic rings. The zero-order valence-electron chi connectivity index (χ0n) is 14.6. The van der Waals surface area contributed by atoms with Crippen molar-refractivity contribution in [3.63, 3.8) is 0 Å². The molecule has 1 aromatic carbocycles. The average Bonchev–Trinajstić information content (AvgIpc) is 2.88. The zero-order valence-corrected chi connectivity index (χ0v) is 14.6. The van der Waals surface area contributed by atoms with E-state index >= 15 is 0 Å². The number of amides is 1. The first-order chi connectivity index (χ1) is 11.1. The van der Waals surface area contributed by atoms with E-state index in [1.807, 2.05) is 13.8 Å². The number of hydrogen-bond acceptors (Lipinski definition) is 3. The fourth-order valence-corrected chi connectivity index (χ4v) is 3.23. The molecule has 1 heterocycles. The monoisotopic (exact) mass is 318 g/mol. The fourth-order valence-electron chi connectivity index (χ4n) is 3.23. The molecule has 0 aliphatic carbocycles. The summed E-state index contributed by atoms with van der Waals surface area (Å²) in [6.07, 6.45) is 2.25. The number of nitrogens with one attached hydrogen (secondary N) is 1. The predicted octanol–water partition coefficient (Wildman–Crippen LogP) is 2.80. The van der Waals surface area contributed by atoms with Gasteiger partial charge < -0.3 is 10.1 Å². The average molecular weight is 318 g/mol. The topological polar surface area (TPSA) is 41.6 Å². The van der Waals surface area contributed by atoms with Gasteiger partial charge in [-0.05, 0) is 45.7 Å². The van der Waals surface area contributed by atoms with Gasteiger partial charge in [-0.2, -0.15) is 0 Å².